The Morgan fingerprint density at radius 1 is 1.36 bits per heavy atom. The highest BCUT2D eigenvalue weighted by atomic mass is 35.5. The maximum absolute atomic E-state index is 12.8. The van der Waals surface area contributed by atoms with Crippen LogP contribution in [0.25, 0.3) is 0 Å². The van der Waals surface area contributed by atoms with Gasteiger partial charge in [-0.2, -0.15) is 13.2 Å². The van der Waals surface area contributed by atoms with Crippen molar-refractivity contribution < 1.29 is 21.6 Å². The van der Waals surface area contributed by atoms with Crippen molar-refractivity contribution in [1.82, 2.24) is 10.0 Å². The van der Waals surface area contributed by atoms with Gasteiger partial charge in [-0.05, 0) is 44.0 Å². The molecular weight excluding hydrogens is 341 g/mol. The second-order valence-corrected chi connectivity index (χ2v) is 6.89. The smallest absolute Gasteiger partial charge is 0.313 e. The summed E-state index contributed by atoms with van der Waals surface area (Å²) in [5.74, 6) is 0. The Hall–Kier alpha value is -0.830. The zero-order valence-electron chi connectivity index (χ0n) is 11.9. The highest BCUT2D eigenvalue weighted by Gasteiger charge is 2.33. The second kappa shape index (κ2) is 7.16. The summed E-state index contributed by atoms with van der Waals surface area (Å²) in [4.78, 5) is -0.363. The lowest BCUT2D eigenvalue weighted by atomic mass is 10.1. The van der Waals surface area contributed by atoms with Crippen molar-refractivity contribution in [2.24, 2.45) is 0 Å². The molecule has 1 unspecified atom stereocenters. The van der Waals surface area contributed by atoms with Gasteiger partial charge in [0.15, 0.2) is 0 Å². The first kappa shape index (κ1) is 19.2. The number of rotatable bonds is 4. The van der Waals surface area contributed by atoms with Crippen molar-refractivity contribution >= 4 is 22.4 Å². The Morgan fingerprint density at radius 3 is 2.59 bits per heavy atom. The summed E-state index contributed by atoms with van der Waals surface area (Å²) in [6, 6.07) is 3.08. The van der Waals surface area contributed by atoms with Gasteiger partial charge in [-0.3, -0.25) is 0 Å². The van der Waals surface area contributed by atoms with Gasteiger partial charge in [0.2, 0.25) is 10.0 Å². The summed E-state index contributed by atoms with van der Waals surface area (Å²) >= 11 is 0. The summed E-state index contributed by atoms with van der Waals surface area (Å²) in [6.45, 7) is 2.31. The second-order valence-electron chi connectivity index (χ2n) is 5.12. The molecule has 0 radical (unpaired) electrons. The van der Waals surface area contributed by atoms with Crippen LogP contribution in [0.5, 0.6) is 0 Å². The number of aryl methyl sites for hydroxylation is 1. The zero-order valence-corrected chi connectivity index (χ0v) is 13.5. The van der Waals surface area contributed by atoms with E-state index in [1.807, 2.05) is 0 Å². The summed E-state index contributed by atoms with van der Waals surface area (Å²) < 4.78 is 65.0. The van der Waals surface area contributed by atoms with Gasteiger partial charge in [-0.25, -0.2) is 13.1 Å². The molecule has 4 nitrogen and oxygen atoms in total. The molecule has 0 amide bonds. The molecule has 9 heteroatoms. The monoisotopic (exact) mass is 358 g/mol. The van der Waals surface area contributed by atoms with Gasteiger partial charge in [-0.15, -0.1) is 12.4 Å². The lowest BCUT2D eigenvalue weighted by molar-refractivity contribution is -0.138. The molecule has 1 aromatic rings. The van der Waals surface area contributed by atoms with Crippen molar-refractivity contribution in [2.75, 3.05) is 13.1 Å². The van der Waals surface area contributed by atoms with Crippen LogP contribution in [0.2, 0.25) is 0 Å². The minimum Gasteiger partial charge on any atom is -0.313 e. The molecule has 0 aromatic heterocycles. The number of halogens is 4. The summed E-state index contributed by atoms with van der Waals surface area (Å²) in [5, 5.41) is 3.12. The van der Waals surface area contributed by atoms with Gasteiger partial charge < -0.3 is 5.32 Å². The average molecular weight is 359 g/mol. The van der Waals surface area contributed by atoms with Crippen molar-refractivity contribution in [3.63, 3.8) is 0 Å². The van der Waals surface area contributed by atoms with E-state index in [1.54, 1.807) is 0 Å². The first-order valence-electron chi connectivity index (χ1n) is 6.61. The maximum atomic E-state index is 12.8. The van der Waals surface area contributed by atoms with Crippen LogP contribution in [-0.4, -0.2) is 27.5 Å². The number of alkyl halides is 3. The lowest BCUT2D eigenvalue weighted by Crippen LogP contribution is -2.37. The number of hydrogen-bond donors (Lipinski definition) is 2. The molecule has 1 aromatic carbocycles. The van der Waals surface area contributed by atoms with Crippen molar-refractivity contribution in [3.05, 3.63) is 29.3 Å². The van der Waals surface area contributed by atoms with E-state index in [2.05, 4.69) is 10.0 Å². The van der Waals surface area contributed by atoms with Crippen LogP contribution in [0, 0.1) is 6.92 Å². The fraction of sp³-hybridized carbons (Fsp3) is 0.538. The Bertz CT molecular complexity index is 614. The van der Waals surface area contributed by atoms with Crippen molar-refractivity contribution in [2.45, 2.75) is 36.9 Å². The predicted octanol–water partition coefficient (Wildman–Crippen LogP) is 2.47. The number of sulfonamides is 1. The maximum Gasteiger partial charge on any atom is 0.416 e. The largest absolute Gasteiger partial charge is 0.416 e. The van der Waals surface area contributed by atoms with Gasteiger partial charge in [0, 0.05) is 12.6 Å². The molecule has 2 N–H and O–H groups in total. The zero-order chi connectivity index (χ0) is 15.7. The van der Waals surface area contributed by atoms with Crippen molar-refractivity contribution in [1.29, 1.82) is 0 Å². The van der Waals surface area contributed by atoms with Gasteiger partial charge in [0.25, 0.3) is 0 Å². The van der Waals surface area contributed by atoms with Crippen molar-refractivity contribution in [3.8, 4) is 0 Å². The van der Waals surface area contributed by atoms with Crippen LogP contribution in [-0.2, 0) is 16.2 Å². The van der Waals surface area contributed by atoms with E-state index < -0.39 is 21.8 Å². The lowest BCUT2D eigenvalue weighted by Gasteiger charge is -2.14. The number of benzene rings is 1. The van der Waals surface area contributed by atoms with Crippen LogP contribution in [0.4, 0.5) is 13.2 Å². The molecule has 1 saturated heterocycles. The summed E-state index contributed by atoms with van der Waals surface area (Å²) in [7, 11) is -3.94. The molecule has 22 heavy (non-hydrogen) atoms. The highest BCUT2D eigenvalue weighted by Crippen LogP contribution is 2.33. The topological polar surface area (TPSA) is 58.2 Å². The normalized spacial score (nSPS) is 19.0. The third kappa shape index (κ3) is 4.58. The number of nitrogens with one attached hydrogen (secondary N) is 2. The summed E-state index contributed by atoms with van der Waals surface area (Å²) in [6.07, 6.45) is -2.75. The van der Waals surface area contributed by atoms with Crippen LogP contribution in [0.15, 0.2) is 23.1 Å². The molecule has 1 atom stereocenters. The highest BCUT2D eigenvalue weighted by molar-refractivity contribution is 7.89. The van der Waals surface area contributed by atoms with Crippen LogP contribution in [0.3, 0.4) is 0 Å². The fourth-order valence-electron chi connectivity index (χ4n) is 2.30. The predicted molar refractivity (Wildman–Crippen MR) is 79.6 cm³/mol. The van der Waals surface area contributed by atoms with E-state index in [0.29, 0.717) is 6.07 Å². The SMILES string of the molecule is Cc1ccc(S(=O)(=O)NCC2CCCN2)cc1C(F)(F)F.Cl. The molecule has 126 valence electrons. The van der Waals surface area contributed by atoms with E-state index in [4.69, 9.17) is 0 Å². The molecule has 2 rings (SSSR count). The minimum absolute atomic E-state index is 0. The Morgan fingerprint density at radius 2 is 2.05 bits per heavy atom. The van der Waals surface area contributed by atoms with E-state index in [1.165, 1.54) is 19.1 Å². The van der Waals surface area contributed by atoms with Gasteiger partial charge in [0.1, 0.15) is 0 Å². The Kier molecular flexibility index (Phi) is 6.26. The van der Waals surface area contributed by atoms with Crippen LogP contribution in [0.1, 0.15) is 24.0 Å². The molecule has 0 saturated carbocycles. The molecule has 0 aliphatic carbocycles. The Labute approximate surface area is 133 Å². The van der Waals surface area contributed by atoms with E-state index >= 15 is 0 Å². The Balaban J connectivity index is 0.00000242. The molecule has 1 aliphatic rings. The van der Waals surface area contributed by atoms with E-state index in [9.17, 15) is 21.6 Å². The number of hydrogen-bond acceptors (Lipinski definition) is 3. The third-order valence-corrected chi connectivity index (χ3v) is 4.93. The molecule has 1 heterocycles. The third-order valence-electron chi connectivity index (χ3n) is 3.51. The van der Waals surface area contributed by atoms with E-state index in [-0.39, 0.29) is 35.5 Å². The first-order chi connectivity index (χ1) is 9.70. The standard InChI is InChI=1S/C13H17F3N2O2S.ClH/c1-9-4-5-11(7-12(9)13(14,15)16)21(19,20)18-8-10-3-2-6-17-10;/h4-5,7,10,17-18H,2-3,6,8H2,1H3;1H. The molecule has 1 fully saturated rings. The summed E-state index contributed by atoms with van der Waals surface area (Å²) in [5.41, 5.74) is -0.928. The fourth-order valence-corrected chi connectivity index (χ4v) is 3.41. The van der Waals surface area contributed by atoms with E-state index in [0.717, 1.165) is 19.4 Å². The van der Waals surface area contributed by atoms with Crippen LogP contribution < -0.4 is 10.0 Å². The van der Waals surface area contributed by atoms with Crippen LogP contribution >= 0.6 is 12.4 Å². The molecular formula is C13H18ClF3N2O2S. The quantitative estimate of drug-likeness (QED) is 0.869. The first-order valence-corrected chi connectivity index (χ1v) is 8.09. The molecule has 0 spiro atoms. The molecule has 0 bridgehead atoms. The molecule has 1 aliphatic heterocycles. The minimum atomic E-state index is -4.57. The average Bonchev–Trinajstić information content (AvgIpc) is 2.88. The van der Waals surface area contributed by atoms with Gasteiger partial charge in [0.05, 0.1) is 10.5 Å². The van der Waals surface area contributed by atoms with Gasteiger partial charge >= 0.3 is 6.18 Å². The van der Waals surface area contributed by atoms with Gasteiger partial charge in [-0.1, -0.05) is 6.07 Å².